The second kappa shape index (κ2) is 6.20. The molecule has 4 rings (SSSR count). The SMILES string of the molecule is Cc1cc(NC(=O)c2ccccc2-c2ncc[nH]2)c2ccccc2n1. The highest BCUT2D eigenvalue weighted by Crippen LogP contribution is 2.25. The molecule has 2 N–H and O–H groups in total. The fourth-order valence-corrected chi connectivity index (χ4v) is 2.90. The summed E-state index contributed by atoms with van der Waals surface area (Å²) in [7, 11) is 0. The number of amides is 1. The highest BCUT2D eigenvalue weighted by molar-refractivity contribution is 6.11. The number of hydrogen-bond donors (Lipinski definition) is 2. The largest absolute Gasteiger partial charge is 0.345 e. The molecule has 0 saturated heterocycles. The molecule has 5 heteroatoms. The minimum atomic E-state index is -0.178. The Hall–Kier alpha value is -3.47. The number of aryl methyl sites for hydroxylation is 1. The van der Waals surface area contributed by atoms with Gasteiger partial charge < -0.3 is 10.3 Å². The van der Waals surface area contributed by atoms with Gasteiger partial charge in [-0.2, -0.15) is 0 Å². The number of imidazole rings is 1. The van der Waals surface area contributed by atoms with Crippen LogP contribution in [-0.2, 0) is 0 Å². The van der Waals surface area contributed by atoms with Crippen LogP contribution in [0.2, 0.25) is 0 Å². The number of carbonyl (C=O) groups excluding carboxylic acids is 1. The van der Waals surface area contributed by atoms with Crippen LogP contribution in [0.1, 0.15) is 16.1 Å². The van der Waals surface area contributed by atoms with Crippen molar-refractivity contribution in [2.45, 2.75) is 6.92 Å². The quantitative estimate of drug-likeness (QED) is 0.592. The molecule has 0 bridgehead atoms. The molecule has 2 aromatic heterocycles. The van der Waals surface area contributed by atoms with Crippen LogP contribution in [0.5, 0.6) is 0 Å². The predicted octanol–water partition coefficient (Wildman–Crippen LogP) is 4.19. The third-order valence-electron chi connectivity index (χ3n) is 4.02. The number of para-hydroxylation sites is 1. The third kappa shape index (κ3) is 2.87. The molecule has 0 aliphatic rings. The van der Waals surface area contributed by atoms with Crippen molar-refractivity contribution in [3.05, 3.63) is 78.2 Å². The van der Waals surface area contributed by atoms with Crippen molar-refractivity contribution < 1.29 is 4.79 Å². The van der Waals surface area contributed by atoms with Crippen LogP contribution in [0.15, 0.2) is 67.0 Å². The van der Waals surface area contributed by atoms with Crippen molar-refractivity contribution >= 4 is 22.5 Å². The Morgan fingerprint density at radius 3 is 2.72 bits per heavy atom. The number of fused-ring (bicyclic) bond motifs is 1. The van der Waals surface area contributed by atoms with Gasteiger partial charge in [0, 0.05) is 29.0 Å². The number of benzene rings is 2. The zero-order chi connectivity index (χ0) is 17.2. The van der Waals surface area contributed by atoms with Gasteiger partial charge in [-0.05, 0) is 25.1 Å². The average Bonchev–Trinajstić information content (AvgIpc) is 3.16. The maximum absolute atomic E-state index is 12.9. The van der Waals surface area contributed by atoms with E-state index in [2.05, 4.69) is 20.3 Å². The number of H-pyrrole nitrogens is 1. The summed E-state index contributed by atoms with van der Waals surface area (Å²) in [4.78, 5) is 24.7. The van der Waals surface area contributed by atoms with Crippen LogP contribution in [0.3, 0.4) is 0 Å². The topological polar surface area (TPSA) is 70.7 Å². The molecule has 4 aromatic rings. The number of carbonyl (C=O) groups is 1. The smallest absolute Gasteiger partial charge is 0.256 e. The van der Waals surface area contributed by atoms with Crippen LogP contribution < -0.4 is 5.32 Å². The van der Waals surface area contributed by atoms with Gasteiger partial charge >= 0.3 is 0 Å². The number of nitrogens with zero attached hydrogens (tertiary/aromatic N) is 2. The molecule has 0 saturated carbocycles. The fraction of sp³-hybridized carbons (Fsp3) is 0.0500. The minimum Gasteiger partial charge on any atom is -0.345 e. The van der Waals surface area contributed by atoms with E-state index in [1.54, 1.807) is 18.5 Å². The maximum Gasteiger partial charge on any atom is 0.256 e. The van der Waals surface area contributed by atoms with E-state index >= 15 is 0 Å². The first kappa shape index (κ1) is 15.1. The lowest BCUT2D eigenvalue weighted by Gasteiger charge is -2.11. The van der Waals surface area contributed by atoms with Gasteiger partial charge in [-0.15, -0.1) is 0 Å². The standard InChI is InChI=1S/C20H16N4O/c1-13-12-18(16-8-4-5-9-17(16)23-13)24-20(25)15-7-3-2-6-14(15)19-21-10-11-22-19/h2-12H,1H3,(H,21,22)(H,23,24,25). The summed E-state index contributed by atoms with van der Waals surface area (Å²) in [5, 5.41) is 3.94. The van der Waals surface area contributed by atoms with Crippen molar-refractivity contribution in [3.8, 4) is 11.4 Å². The summed E-state index contributed by atoms with van der Waals surface area (Å²) in [6.07, 6.45) is 3.41. The van der Waals surface area contributed by atoms with E-state index in [9.17, 15) is 4.79 Å². The number of anilines is 1. The second-order valence-electron chi connectivity index (χ2n) is 5.77. The molecule has 0 unspecified atom stereocenters. The summed E-state index contributed by atoms with van der Waals surface area (Å²) < 4.78 is 0. The third-order valence-corrected chi connectivity index (χ3v) is 4.02. The summed E-state index contributed by atoms with van der Waals surface area (Å²) in [6.45, 7) is 1.92. The second-order valence-corrected chi connectivity index (χ2v) is 5.77. The Kier molecular flexibility index (Phi) is 3.74. The van der Waals surface area contributed by atoms with Crippen molar-refractivity contribution in [3.63, 3.8) is 0 Å². The molecule has 2 heterocycles. The van der Waals surface area contributed by atoms with Crippen LogP contribution in [0.25, 0.3) is 22.3 Å². The van der Waals surface area contributed by atoms with E-state index in [1.165, 1.54) is 0 Å². The van der Waals surface area contributed by atoms with Gasteiger partial charge in [0.05, 0.1) is 16.8 Å². The summed E-state index contributed by atoms with van der Waals surface area (Å²) in [6, 6.07) is 17.1. The lowest BCUT2D eigenvalue weighted by molar-refractivity contribution is 0.102. The van der Waals surface area contributed by atoms with Gasteiger partial charge in [-0.1, -0.05) is 36.4 Å². The number of hydrogen-bond acceptors (Lipinski definition) is 3. The molecule has 0 spiro atoms. The Balaban J connectivity index is 1.75. The van der Waals surface area contributed by atoms with Crippen LogP contribution in [0.4, 0.5) is 5.69 Å². The van der Waals surface area contributed by atoms with Crippen molar-refractivity contribution in [2.24, 2.45) is 0 Å². The van der Waals surface area contributed by atoms with Gasteiger partial charge in [0.25, 0.3) is 5.91 Å². The number of nitrogens with one attached hydrogen (secondary N) is 2. The van der Waals surface area contributed by atoms with Gasteiger partial charge in [-0.25, -0.2) is 4.98 Å². The Bertz CT molecular complexity index is 1050. The lowest BCUT2D eigenvalue weighted by atomic mass is 10.1. The summed E-state index contributed by atoms with van der Waals surface area (Å²) >= 11 is 0. The van der Waals surface area contributed by atoms with E-state index < -0.39 is 0 Å². The van der Waals surface area contributed by atoms with Crippen molar-refractivity contribution in [1.29, 1.82) is 0 Å². The van der Waals surface area contributed by atoms with Crippen LogP contribution in [-0.4, -0.2) is 20.9 Å². The zero-order valence-corrected chi connectivity index (χ0v) is 13.7. The van der Waals surface area contributed by atoms with E-state index in [0.29, 0.717) is 11.4 Å². The predicted molar refractivity (Wildman–Crippen MR) is 98.5 cm³/mol. The van der Waals surface area contributed by atoms with Crippen LogP contribution >= 0.6 is 0 Å². The lowest BCUT2D eigenvalue weighted by Crippen LogP contribution is -2.14. The molecule has 0 aliphatic carbocycles. The maximum atomic E-state index is 12.9. The molecule has 25 heavy (non-hydrogen) atoms. The van der Waals surface area contributed by atoms with Crippen LogP contribution in [0, 0.1) is 6.92 Å². The number of pyridine rings is 1. The number of aromatic amines is 1. The molecule has 0 radical (unpaired) electrons. The Labute approximate surface area is 144 Å². The fourth-order valence-electron chi connectivity index (χ4n) is 2.90. The van der Waals surface area contributed by atoms with Gasteiger partial charge in [-0.3, -0.25) is 9.78 Å². The summed E-state index contributed by atoms with van der Waals surface area (Å²) in [5.74, 6) is 0.490. The van der Waals surface area contributed by atoms with E-state index in [4.69, 9.17) is 0 Å². The molecule has 5 nitrogen and oxygen atoms in total. The molecule has 0 aliphatic heterocycles. The van der Waals surface area contributed by atoms with E-state index in [1.807, 2.05) is 55.5 Å². The molecule has 1 amide bonds. The first-order valence-corrected chi connectivity index (χ1v) is 7.99. The monoisotopic (exact) mass is 328 g/mol. The highest BCUT2D eigenvalue weighted by atomic mass is 16.1. The summed E-state index contributed by atoms with van der Waals surface area (Å²) in [5.41, 5.74) is 3.80. The first-order valence-electron chi connectivity index (χ1n) is 7.99. The Morgan fingerprint density at radius 1 is 1.08 bits per heavy atom. The molecule has 122 valence electrons. The van der Waals surface area contributed by atoms with Crippen molar-refractivity contribution in [1.82, 2.24) is 15.0 Å². The van der Waals surface area contributed by atoms with Gasteiger partial charge in [0.2, 0.25) is 0 Å². The molecule has 0 atom stereocenters. The number of aromatic nitrogens is 3. The average molecular weight is 328 g/mol. The molecule has 2 aromatic carbocycles. The highest BCUT2D eigenvalue weighted by Gasteiger charge is 2.15. The molecular weight excluding hydrogens is 312 g/mol. The molecular formula is C20H16N4O. The van der Waals surface area contributed by atoms with Crippen molar-refractivity contribution in [2.75, 3.05) is 5.32 Å². The van der Waals surface area contributed by atoms with Gasteiger partial charge in [0.1, 0.15) is 5.82 Å². The minimum absolute atomic E-state index is 0.178. The van der Waals surface area contributed by atoms with E-state index in [0.717, 1.165) is 27.8 Å². The normalized spacial score (nSPS) is 10.8. The Morgan fingerprint density at radius 2 is 1.88 bits per heavy atom. The first-order chi connectivity index (χ1) is 12.2. The zero-order valence-electron chi connectivity index (χ0n) is 13.7. The molecule has 0 fully saturated rings. The van der Waals surface area contributed by atoms with Gasteiger partial charge in [0.15, 0.2) is 0 Å². The number of rotatable bonds is 3. The van der Waals surface area contributed by atoms with E-state index in [-0.39, 0.29) is 5.91 Å².